The molecule has 0 unspecified atom stereocenters. The highest BCUT2D eigenvalue weighted by atomic mass is 16.4. The van der Waals surface area contributed by atoms with Crippen LogP contribution in [0.5, 0.6) is 0 Å². The van der Waals surface area contributed by atoms with Gasteiger partial charge in [0.25, 0.3) is 0 Å². The van der Waals surface area contributed by atoms with Crippen LogP contribution in [0.2, 0.25) is 0 Å². The van der Waals surface area contributed by atoms with Crippen molar-refractivity contribution in [1.82, 2.24) is 0 Å². The van der Waals surface area contributed by atoms with Crippen molar-refractivity contribution in [1.29, 1.82) is 0 Å². The Morgan fingerprint density at radius 3 is 2.18 bits per heavy atom. The van der Waals surface area contributed by atoms with Gasteiger partial charge < -0.3 is 10.8 Å². The highest BCUT2D eigenvalue weighted by molar-refractivity contribution is 5.88. The summed E-state index contributed by atoms with van der Waals surface area (Å²) >= 11 is 0. The Labute approximate surface area is 65.4 Å². The Hall–Kier alpha value is -0.900. The van der Waals surface area contributed by atoms with Crippen molar-refractivity contribution in [2.75, 3.05) is 0 Å². The van der Waals surface area contributed by atoms with Gasteiger partial charge in [-0.05, 0) is 0 Å². The van der Waals surface area contributed by atoms with Crippen molar-refractivity contribution in [3.05, 3.63) is 0 Å². The molecule has 0 bridgehead atoms. The first-order chi connectivity index (χ1) is 4.95. The van der Waals surface area contributed by atoms with Gasteiger partial charge in [-0.25, -0.2) is 0 Å². The molecular formula is C7H13NO3. The zero-order valence-corrected chi connectivity index (χ0v) is 6.70. The maximum Gasteiger partial charge on any atom is 0.305 e. The lowest BCUT2D eigenvalue weighted by Gasteiger charge is -2.09. The summed E-state index contributed by atoms with van der Waals surface area (Å²) in [6, 6.07) is -0.854. The van der Waals surface area contributed by atoms with E-state index in [4.69, 9.17) is 10.8 Å². The van der Waals surface area contributed by atoms with Gasteiger partial charge in [-0.15, -0.1) is 0 Å². The van der Waals surface area contributed by atoms with E-state index < -0.39 is 12.0 Å². The van der Waals surface area contributed by atoms with Crippen LogP contribution in [0.15, 0.2) is 0 Å². The fourth-order valence-corrected chi connectivity index (χ4v) is 0.717. The Kier molecular flexibility index (Phi) is 3.74. The number of hydrogen-bond donors (Lipinski definition) is 2. The quantitative estimate of drug-likeness (QED) is 0.605. The summed E-state index contributed by atoms with van der Waals surface area (Å²) in [6.45, 7) is 3.40. The van der Waals surface area contributed by atoms with Crippen LogP contribution < -0.4 is 5.73 Å². The van der Waals surface area contributed by atoms with E-state index in [0.29, 0.717) is 0 Å². The van der Waals surface area contributed by atoms with E-state index >= 15 is 0 Å². The fourth-order valence-electron chi connectivity index (χ4n) is 0.717. The van der Waals surface area contributed by atoms with Crippen LogP contribution >= 0.6 is 0 Å². The first-order valence-electron chi connectivity index (χ1n) is 3.46. The van der Waals surface area contributed by atoms with Gasteiger partial charge >= 0.3 is 5.97 Å². The molecule has 0 rings (SSSR count). The minimum absolute atomic E-state index is 0.190. The average molecular weight is 159 g/mol. The van der Waals surface area contributed by atoms with Gasteiger partial charge in [0.2, 0.25) is 0 Å². The topological polar surface area (TPSA) is 80.4 Å². The van der Waals surface area contributed by atoms with Gasteiger partial charge in [0.15, 0.2) is 5.78 Å². The molecule has 0 aromatic heterocycles. The third-order valence-corrected chi connectivity index (χ3v) is 1.33. The van der Waals surface area contributed by atoms with Gasteiger partial charge in [0.1, 0.15) is 0 Å². The molecule has 0 spiro atoms. The molecular weight excluding hydrogens is 146 g/mol. The van der Waals surface area contributed by atoms with Crippen LogP contribution in [0.4, 0.5) is 0 Å². The van der Waals surface area contributed by atoms with Crippen molar-refractivity contribution < 1.29 is 14.7 Å². The molecule has 0 aliphatic rings. The van der Waals surface area contributed by atoms with Crippen molar-refractivity contribution in [2.45, 2.75) is 26.3 Å². The van der Waals surface area contributed by atoms with E-state index in [0.717, 1.165) is 0 Å². The van der Waals surface area contributed by atoms with Crippen molar-refractivity contribution in [2.24, 2.45) is 11.7 Å². The predicted molar refractivity (Wildman–Crippen MR) is 40.1 cm³/mol. The fraction of sp³-hybridized carbons (Fsp3) is 0.714. The molecule has 0 fully saturated rings. The predicted octanol–water partition coefficient (Wildman–Crippen LogP) is 0.0135. The highest BCUT2D eigenvalue weighted by Crippen LogP contribution is 2.00. The third-order valence-electron chi connectivity index (χ3n) is 1.33. The number of nitrogens with two attached hydrogens (primary N) is 1. The number of carbonyl (C=O) groups is 2. The van der Waals surface area contributed by atoms with Crippen LogP contribution in [0.25, 0.3) is 0 Å². The number of hydrogen-bond acceptors (Lipinski definition) is 3. The first kappa shape index (κ1) is 10.1. The summed E-state index contributed by atoms with van der Waals surface area (Å²) in [4.78, 5) is 21.1. The lowest BCUT2D eigenvalue weighted by molar-refractivity contribution is -0.139. The number of carbonyl (C=O) groups excluding carboxylic acids is 1. The minimum Gasteiger partial charge on any atom is -0.481 e. The molecule has 11 heavy (non-hydrogen) atoms. The number of carboxylic acids is 1. The summed E-state index contributed by atoms with van der Waals surface area (Å²) < 4.78 is 0. The Balaban J connectivity index is 3.93. The van der Waals surface area contributed by atoms with Gasteiger partial charge in [0.05, 0.1) is 12.5 Å². The van der Waals surface area contributed by atoms with Crippen LogP contribution in [0.3, 0.4) is 0 Å². The lowest BCUT2D eigenvalue weighted by Crippen LogP contribution is -2.35. The number of aliphatic carboxylic acids is 1. The second-order valence-electron chi connectivity index (χ2n) is 2.76. The van der Waals surface area contributed by atoms with Crippen LogP contribution in [-0.2, 0) is 9.59 Å². The zero-order valence-electron chi connectivity index (χ0n) is 6.70. The molecule has 64 valence electrons. The maximum absolute atomic E-state index is 11.0. The highest BCUT2D eigenvalue weighted by Gasteiger charge is 2.19. The summed E-state index contributed by atoms with van der Waals surface area (Å²) in [5.41, 5.74) is 5.29. The van der Waals surface area contributed by atoms with Crippen LogP contribution in [0.1, 0.15) is 20.3 Å². The van der Waals surface area contributed by atoms with E-state index in [1.807, 2.05) is 0 Å². The van der Waals surface area contributed by atoms with E-state index in [1.165, 1.54) is 0 Å². The Morgan fingerprint density at radius 1 is 1.45 bits per heavy atom. The van der Waals surface area contributed by atoms with Crippen LogP contribution in [0, 0.1) is 5.92 Å². The van der Waals surface area contributed by atoms with E-state index in [1.54, 1.807) is 13.8 Å². The molecule has 0 aromatic carbocycles. The number of ketones is 1. The largest absolute Gasteiger partial charge is 0.481 e. The summed E-state index contributed by atoms with van der Waals surface area (Å²) in [7, 11) is 0. The SMILES string of the molecule is CC(C)C(=O)[C@H](N)CC(=O)O. The number of carboxylic acid groups (broad SMARTS) is 1. The van der Waals surface area contributed by atoms with E-state index in [9.17, 15) is 9.59 Å². The van der Waals surface area contributed by atoms with Gasteiger partial charge in [-0.2, -0.15) is 0 Å². The molecule has 0 aromatic rings. The zero-order chi connectivity index (χ0) is 9.02. The molecule has 1 atom stereocenters. The normalized spacial score (nSPS) is 13.1. The monoisotopic (exact) mass is 159 g/mol. The van der Waals surface area contributed by atoms with E-state index in [-0.39, 0.29) is 18.1 Å². The average Bonchev–Trinajstić information content (AvgIpc) is 1.84. The summed E-state index contributed by atoms with van der Waals surface area (Å²) in [5, 5.41) is 8.28. The third kappa shape index (κ3) is 3.72. The smallest absolute Gasteiger partial charge is 0.305 e. The molecule has 0 aliphatic heterocycles. The molecule has 4 nitrogen and oxygen atoms in total. The van der Waals surface area contributed by atoms with Gasteiger partial charge in [0, 0.05) is 5.92 Å². The van der Waals surface area contributed by atoms with E-state index in [2.05, 4.69) is 0 Å². The van der Waals surface area contributed by atoms with Gasteiger partial charge in [-0.3, -0.25) is 9.59 Å². The molecule has 0 saturated heterocycles. The second-order valence-corrected chi connectivity index (χ2v) is 2.76. The molecule has 0 aliphatic carbocycles. The first-order valence-corrected chi connectivity index (χ1v) is 3.46. The van der Waals surface area contributed by atoms with Crippen molar-refractivity contribution >= 4 is 11.8 Å². The lowest BCUT2D eigenvalue weighted by atomic mass is 10.0. The Bertz CT molecular complexity index is 165. The molecule has 0 heterocycles. The maximum atomic E-state index is 11.0. The standard InChI is InChI=1S/C7H13NO3/c1-4(2)7(11)5(8)3-6(9)10/h4-5H,3,8H2,1-2H3,(H,9,10)/t5-/m1/s1. The Morgan fingerprint density at radius 2 is 1.91 bits per heavy atom. The number of Topliss-reactive ketones (excluding diaryl/α,β-unsaturated/α-hetero) is 1. The molecule has 0 radical (unpaired) electrons. The summed E-state index contributed by atoms with van der Waals surface area (Å²) in [5.74, 6) is -1.43. The molecule has 4 heteroatoms. The molecule has 0 amide bonds. The summed E-state index contributed by atoms with van der Waals surface area (Å²) in [6.07, 6.45) is -0.281. The van der Waals surface area contributed by atoms with Crippen molar-refractivity contribution in [3.8, 4) is 0 Å². The van der Waals surface area contributed by atoms with Crippen LogP contribution in [-0.4, -0.2) is 22.9 Å². The second kappa shape index (κ2) is 4.08. The molecule has 0 saturated carbocycles. The minimum atomic E-state index is -1.04. The number of rotatable bonds is 4. The molecule has 3 N–H and O–H groups in total. The van der Waals surface area contributed by atoms with Crippen molar-refractivity contribution in [3.63, 3.8) is 0 Å². The van der Waals surface area contributed by atoms with Gasteiger partial charge in [-0.1, -0.05) is 13.8 Å².